The predicted molar refractivity (Wildman–Crippen MR) is 76.0 cm³/mol. The molecular formula is C12H12ClN3OS. The van der Waals surface area contributed by atoms with Gasteiger partial charge in [-0.25, -0.2) is 0 Å². The highest BCUT2D eigenvalue weighted by Crippen LogP contribution is 2.29. The van der Waals surface area contributed by atoms with Crippen LogP contribution in [0.1, 0.15) is 15.2 Å². The topological polar surface area (TPSA) is 81.1 Å². The van der Waals surface area contributed by atoms with Crippen LogP contribution in [-0.4, -0.2) is 5.91 Å². The minimum Gasteiger partial charge on any atom is -0.397 e. The van der Waals surface area contributed by atoms with Gasteiger partial charge >= 0.3 is 0 Å². The van der Waals surface area contributed by atoms with Gasteiger partial charge in [-0.1, -0.05) is 23.7 Å². The van der Waals surface area contributed by atoms with Crippen LogP contribution < -0.4 is 16.8 Å². The lowest BCUT2D eigenvalue weighted by atomic mass is 10.2. The van der Waals surface area contributed by atoms with E-state index in [0.717, 1.165) is 10.6 Å². The molecule has 0 aliphatic rings. The maximum Gasteiger partial charge on any atom is 0.260 e. The Balaban J connectivity index is 2.04. The van der Waals surface area contributed by atoms with Gasteiger partial charge in [0.05, 0.1) is 10.7 Å². The summed E-state index contributed by atoms with van der Waals surface area (Å²) in [5.41, 5.74) is 12.4. The Bertz CT molecular complexity index is 565. The third-order valence-electron chi connectivity index (χ3n) is 2.36. The van der Waals surface area contributed by atoms with Crippen LogP contribution in [0.25, 0.3) is 0 Å². The lowest BCUT2D eigenvalue weighted by molar-refractivity contribution is 0.100. The van der Waals surface area contributed by atoms with Crippen molar-refractivity contribution in [2.75, 3.05) is 11.1 Å². The average Bonchev–Trinajstić information content (AvgIpc) is 2.70. The number of hydrogen-bond donors (Lipinski definition) is 3. The molecule has 0 fully saturated rings. The van der Waals surface area contributed by atoms with Crippen molar-refractivity contribution in [2.45, 2.75) is 6.54 Å². The number of nitrogen functional groups attached to an aromatic ring is 1. The van der Waals surface area contributed by atoms with Crippen LogP contribution in [0.15, 0.2) is 30.3 Å². The summed E-state index contributed by atoms with van der Waals surface area (Å²) in [5, 5.41) is 4.70. The SMILES string of the molecule is NC(=O)c1sc(NCc2ccc(Cl)cc2)cc1N. The van der Waals surface area contributed by atoms with Crippen molar-refractivity contribution in [2.24, 2.45) is 5.73 Å². The van der Waals surface area contributed by atoms with Crippen molar-refractivity contribution in [3.63, 3.8) is 0 Å². The minimum absolute atomic E-state index is 0.383. The lowest BCUT2D eigenvalue weighted by Crippen LogP contribution is -2.10. The van der Waals surface area contributed by atoms with Crippen LogP contribution in [0.3, 0.4) is 0 Å². The standard InChI is InChI=1S/C12H12ClN3OS/c13-8-3-1-7(2-4-8)6-16-10-5-9(14)11(18-10)12(15)17/h1-5,16H,6,14H2,(H2,15,17). The molecule has 18 heavy (non-hydrogen) atoms. The predicted octanol–water partition coefficient (Wildman–Crippen LogP) is 2.69. The van der Waals surface area contributed by atoms with Crippen molar-refractivity contribution in [1.29, 1.82) is 0 Å². The molecule has 2 rings (SSSR count). The Morgan fingerprint density at radius 1 is 1.33 bits per heavy atom. The van der Waals surface area contributed by atoms with E-state index in [4.69, 9.17) is 23.1 Å². The number of thiophene rings is 1. The summed E-state index contributed by atoms with van der Waals surface area (Å²) in [7, 11) is 0. The normalized spacial score (nSPS) is 10.3. The molecule has 0 bridgehead atoms. The molecular weight excluding hydrogens is 270 g/mol. The number of nitrogens with one attached hydrogen (secondary N) is 1. The van der Waals surface area contributed by atoms with Crippen molar-refractivity contribution < 1.29 is 4.79 Å². The smallest absolute Gasteiger partial charge is 0.260 e. The molecule has 0 spiro atoms. The summed E-state index contributed by atoms with van der Waals surface area (Å²) in [6.07, 6.45) is 0. The van der Waals surface area contributed by atoms with Crippen LogP contribution >= 0.6 is 22.9 Å². The van der Waals surface area contributed by atoms with Crippen molar-refractivity contribution in [3.8, 4) is 0 Å². The summed E-state index contributed by atoms with van der Waals surface area (Å²) in [6, 6.07) is 9.23. The van der Waals surface area contributed by atoms with Gasteiger partial charge in [0.25, 0.3) is 5.91 Å². The fraction of sp³-hybridized carbons (Fsp3) is 0.0833. The maximum absolute atomic E-state index is 11.1. The second-order valence-electron chi connectivity index (χ2n) is 3.74. The Morgan fingerprint density at radius 2 is 2.00 bits per heavy atom. The number of nitrogens with two attached hydrogens (primary N) is 2. The molecule has 1 amide bonds. The number of hydrogen-bond acceptors (Lipinski definition) is 4. The summed E-state index contributed by atoms with van der Waals surface area (Å²) in [4.78, 5) is 11.4. The third kappa shape index (κ3) is 2.94. The largest absolute Gasteiger partial charge is 0.397 e. The van der Waals surface area contributed by atoms with Gasteiger partial charge < -0.3 is 16.8 Å². The molecule has 0 aliphatic heterocycles. The molecule has 0 unspecified atom stereocenters. The second-order valence-corrected chi connectivity index (χ2v) is 5.23. The van der Waals surface area contributed by atoms with Gasteiger partial charge in [0.2, 0.25) is 0 Å². The number of carbonyl (C=O) groups excluding carboxylic acids is 1. The Labute approximate surface area is 114 Å². The molecule has 0 saturated heterocycles. The fourth-order valence-electron chi connectivity index (χ4n) is 1.48. The highest BCUT2D eigenvalue weighted by atomic mass is 35.5. The second kappa shape index (κ2) is 5.29. The molecule has 0 saturated carbocycles. The first-order chi connectivity index (χ1) is 8.56. The number of benzene rings is 1. The third-order valence-corrected chi connectivity index (χ3v) is 3.74. The van der Waals surface area contributed by atoms with E-state index in [0.29, 0.717) is 22.1 Å². The highest BCUT2D eigenvalue weighted by Gasteiger charge is 2.10. The highest BCUT2D eigenvalue weighted by molar-refractivity contribution is 7.18. The molecule has 2 aromatic rings. The molecule has 0 radical (unpaired) electrons. The zero-order chi connectivity index (χ0) is 13.1. The van der Waals surface area contributed by atoms with E-state index in [9.17, 15) is 4.79 Å². The molecule has 1 heterocycles. The summed E-state index contributed by atoms with van der Waals surface area (Å²) < 4.78 is 0. The fourth-order valence-corrected chi connectivity index (χ4v) is 2.43. The molecule has 94 valence electrons. The molecule has 0 atom stereocenters. The number of rotatable bonds is 4. The van der Waals surface area contributed by atoms with Gasteiger partial charge in [0.1, 0.15) is 4.88 Å². The number of carbonyl (C=O) groups is 1. The lowest BCUT2D eigenvalue weighted by Gasteiger charge is -2.03. The average molecular weight is 282 g/mol. The van der Waals surface area contributed by atoms with Crippen LogP contribution in [0, 0.1) is 0 Å². The van der Waals surface area contributed by atoms with E-state index >= 15 is 0 Å². The Morgan fingerprint density at radius 3 is 2.56 bits per heavy atom. The first-order valence-corrected chi connectivity index (χ1v) is 6.43. The van der Waals surface area contributed by atoms with Gasteiger partial charge in [-0.05, 0) is 23.8 Å². The van der Waals surface area contributed by atoms with E-state index < -0.39 is 5.91 Å². The van der Waals surface area contributed by atoms with E-state index in [1.807, 2.05) is 24.3 Å². The number of primary amides is 1. The van der Waals surface area contributed by atoms with Crippen molar-refractivity contribution in [3.05, 3.63) is 45.8 Å². The van der Waals surface area contributed by atoms with E-state index in [1.165, 1.54) is 11.3 Å². The van der Waals surface area contributed by atoms with Crippen LogP contribution in [0.5, 0.6) is 0 Å². The van der Waals surface area contributed by atoms with Crippen LogP contribution in [0.4, 0.5) is 10.7 Å². The van der Waals surface area contributed by atoms with Gasteiger partial charge in [0.15, 0.2) is 0 Å². The number of anilines is 2. The monoisotopic (exact) mass is 281 g/mol. The molecule has 0 aliphatic carbocycles. The molecule has 6 heteroatoms. The summed E-state index contributed by atoms with van der Waals surface area (Å²) >= 11 is 7.05. The van der Waals surface area contributed by atoms with E-state index in [-0.39, 0.29) is 0 Å². The van der Waals surface area contributed by atoms with Crippen molar-refractivity contribution in [1.82, 2.24) is 0 Å². The number of halogens is 1. The van der Waals surface area contributed by atoms with Gasteiger partial charge in [-0.3, -0.25) is 4.79 Å². The molecule has 1 aromatic carbocycles. The van der Waals surface area contributed by atoms with Gasteiger partial charge in [-0.2, -0.15) is 0 Å². The minimum atomic E-state index is -0.503. The van der Waals surface area contributed by atoms with Crippen LogP contribution in [0.2, 0.25) is 5.02 Å². The first kappa shape index (κ1) is 12.7. The Kier molecular flexibility index (Phi) is 3.74. The molecule has 4 nitrogen and oxygen atoms in total. The van der Waals surface area contributed by atoms with Crippen molar-refractivity contribution >= 4 is 39.5 Å². The first-order valence-electron chi connectivity index (χ1n) is 5.23. The van der Waals surface area contributed by atoms with Gasteiger partial charge in [-0.15, -0.1) is 11.3 Å². The Hall–Kier alpha value is -1.72. The number of amides is 1. The molecule has 5 N–H and O–H groups in total. The maximum atomic E-state index is 11.1. The van der Waals surface area contributed by atoms with Crippen LogP contribution in [-0.2, 0) is 6.54 Å². The van der Waals surface area contributed by atoms with E-state index in [2.05, 4.69) is 5.32 Å². The zero-order valence-electron chi connectivity index (χ0n) is 9.44. The quantitative estimate of drug-likeness (QED) is 0.806. The summed E-state index contributed by atoms with van der Waals surface area (Å²) in [6.45, 7) is 0.634. The summed E-state index contributed by atoms with van der Waals surface area (Å²) in [5.74, 6) is -0.503. The zero-order valence-corrected chi connectivity index (χ0v) is 11.0. The molecule has 1 aromatic heterocycles. The van der Waals surface area contributed by atoms with Gasteiger partial charge in [0, 0.05) is 11.6 Å². The van der Waals surface area contributed by atoms with E-state index in [1.54, 1.807) is 6.07 Å².